The summed E-state index contributed by atoms with van der Waals surface area (Å²) in [5, 5.41) is 2.74. The molecular formula is C25H34N4O4. The van der Waals surface area contributed by atoms with Crippen LogP contribution in [0.3, 0.4) is 0 Å². The van der Waals surface area contributed by atoms with Gasteiger partial charge in [0.05, 0.1) is 11.7 Å². The molecule has 8 heteroatoms. The zero-order chi connectivity index (χ0) is 24.0. The second kappa shape index (κ2) is 11.2. The van der Waals surface area contributed by atoms with Crippen LogP contribution < -0.4 is 10.1 Å². The monoisotopic (exact) mass is 454 g/mol. The lowest BCUT2D eigenvalue weighted by atomic mass is 10.0. The Morgan fingerprint density at radius 1 is 1.21 bits per heavy atom. The second-order valence-electron chi connectivity index (χ2n) is 8.77. The van der Waals surface area contributed by atoms with Crippen LogP contribution >= 0.6 is 0 Å². The van der Waals surface area contributed by atoms with Crippen LogP contribution in [0.4, 0.5) is 5.69 Å². The average Bonchev–Trinajstić information content (AvgIpc) is 2.80. The van der Waals surface area contributed by atoms with Crippen LogP contribution in [-0.4, -0.2) is 72.6 Å². The second-order valence-corrected chi connectivity index (χ2v) is 8.77. The molecule has 33 heavy (non-hydrogen) atoms. The molecule has 3 rings (SSSR count). The average molecular weight is 455 g/mol. The number of pyridine rings is 1. The fourth-order valence-corrected chi connectivity index (χ4v) is 4.08. The van der Waals surface area contributed by atoms with Gasteiger partial charge in [0, 0.05) is 64.8 Å². The van der Waals surface area contributed by atoms with Crippen LogP contribution in [0.15, 0.2) is 42.7 Å². The molecule has 0 fully saturated rings. The maximum absolute atomic E-state index is 13.3. The Kier molecular flexibility index (Phi) is 8.41. The molecule has 2 heterocycles. The third kappa shape index (κ3) is 6.52. The number of rotatable bonds is 4. The van der Waals surface area contributed by atoms with Gasteiger partial charge in [-0.15, -0.1) is 0 Å². The SMILES string of the molecule is CO[C@H]1CN(C)C(=O)c2cc(NC(C)=O)ccc2OC[C@H](C)N(Cc2ccncc2)C[C@H]1C. The molecule has 178 valence electrons. The van der Waals surface area contributed by atoms with Crippen LogP contribution in [0.1, 0.15) is 36.7 Å². The molecule has 0 aliphatic carbocycles. The molecule has 1 aromatic carbocycles. The number of carbonyl (C=O) groups excluding carboxylic acids is 2. The molecular weight excluding hydrogens is 420 g/mol. The maximum Gasteiger partial charge on any atom is 0.257 e. The minimum atomic E-state index is -0.196. The fraction of sp³-hybridized carbons (Fsp3) is 0.480. The predicted molar refractivity (Wildman–Crippen MR) is 127 cm³/mol. The van der Waals surface area contributed by atoms with Gasteiger partial charge in [0.25, 0.3) is 5.91 Å². The molecule has 2 amide bonds. The summed E-state index contributed by atoms with van der Waals surface area (Å²) in [6, 6.07) is 9.30. The summed E-state index contributed by atoms with van der Waals surface area (Å²) in [6.45, 7) is 8.12. The number of fused-ring (bicyclic) bond motifs is 1. The first-order chi connectivity index (χ1) is 15.8. The number of carbonyl (C=O) groups is 2. The molecule has 3 atom stereocenters. The molecule has 0 bridgehead atoms. The molecule has 8 nitrogen and oxygen atoms in total. The van der Waals surface area contributed by atoms with E-state index in [0.717, 1.165) is 13.1 Å². The topological polar surface area (TPSA) is 84.0 Å². The highest BCUT2D eigenvalue weighted by Gasteiger charge is 2.28. The van der Waals surface area contributed by atoms with E-state index in [-0.39, 0.29) is 29.9 Å². The smallest absolute Gasteiger partial charge is 0.257 e. The van der Waals surface area contributed by atoms with Gasteiger partial charge in [-0.05, 0) is 48.7 Å². The lowest BCUT2D eigenvalue weighted by Gasteiger charge is -2.36. The number of aromatic nitrogens is 1. The maximum atomic E-state index is 13.3. The fourth-order valence-electron chi connectivity index (χ4n) is 4.08. The minimum absolute atomic E-state index is 0.0910. The first kappa shape index (κ1) is 24.7. The van der Waals surface area contributed by atoms with E-state index in [4.69, 9.17) is 9.47 Å². The van der Waals surface area contributed by atoms with Gasteiger partial charge in [-0.2, -0.15) is 0 Å². The number of ether oxygens (including phenoxy) is 2. The van der Waals surface area contributed by atoms with E-state index < -0.39 is 0 Å². The molecule has 1 N–H and O–H groups in total. The Hall–Kier alpha value is -2.97. The molecule has 0 saturated carbocycles. The van der Waals surface area contributed by atoms with Crippen LogP contribution in [0.25, 0.3) is 0 Å². The number of nitrogens with one attached hydrogen (secondary N) is 1. The largest absolute Gasteiger partial charge is 0.491 e. The summed E-state index contributed by atoms with van der Waals surface area (Å²) >= 11 is 0. The van der Waals surface area contributed by atoms with Crippen molar-refractivity contribution in [2.75, 3.05) is 39.2 Å². The normalized spacial score (nSPS) is 22.5. The van der Waals surface area contributed by atoms with Crippen molar-refractivity contribution < 1.29 is 19.1 Å². The van der Waals surface area contributed by atoms with E-state index in [1.54, 1.807) is 49.7 Å². The first-order valence-electron chi connectivity index (χ1n) is 11.2. The van der Waals surface area contributed by atoms with E-state index in [0.29, 0.717) is 30.2 Å². The summed E-state index contributed by atoms with van der Waals surface area (Å²) in [6.07, 6.45) is 3.48. The van der Waals surface area contributed by atoms with Gasteiger partial charge < -0.3 is 19.7 Å². The van der Waals surface area contributed by atoms with Crippen molar-refractivity contribution in [2.24, 2.45) is 5.92 Å². The van der Waals surface area contributed by atoms with Gasteiger partial charge in [0.15, 0.2) is 0 Å². The van der Waals surface area contributed by atoms with Crippen LogP contribution in [-0.2, 0) is 16.1 Å². The Morgan fingerprint density at radius 2 is 1.94 bits per heavy atom. The van der Waals surface area contributed by atoms with Crippen molar-refractivity contribution >= 4 is 17.5 Å². The Labute approximate surface area is 195 Å². The Balaban J connectivity index is 1.94. The van der Waals surface area contributed by atoms with Crippen LogP contribution in [0.2, 0.25) is 0 Å². The third-order valence-electron chi connectivity index (χ3n) is 6.03. The van der Waals surface area contributed by atoms with E-state index in [9.17, 15) is 9.59 Å². The lowest BCUT2D eigenvalue weighted by molar-refractivity contribution is -0.114. The number of anilines is 1. The number of amides is 2. The zero-order valence-corrected chi connectivity index (χ0v) is 20.1. The number of hydrogen-bond acceptors (Lipinski definition) is 6. The highest BCUT2D eigenvalue weighted by atomic mass is 16.5. The lowest BCUT2D eigenvalue weighted by Crippen LogP contribution is -2.46. The first-order valence-corrected chi connectivity index (χ1v) is 11.2. The van der Waals surface area contributed by atoms with Crippen molar-refractivity contribution in [1.82, 2.24) is 14.8 Å². The molecule has 1 aliphatic rings. The van der Waals surface area contributed by atoms with Gasteiger partial charge in [0.2, 0.25) is 5.91 Å². The van der Waals surface area contributed by atoms with E-state index in [2.05, 4.69) is 29.0 Å². The van der Waals surface area contributed by atoms with E-state index >= 15 is 0 Å². The van der Waals surface area contributed by atoms with Gasteiger partial charge >= 0.3 is 0 Å². The van der Waals surface area contributed by atoms with E-state index in [1.165, 1.54) is 12.5 Å². The number of nitrogens with zero attached hydrogens (tertiary/aromatic N) is 3. The molecule has 1 aromatic heterocycles. The highest BCUT2D eigenvalue weighted by Crippen LogP contribution is 2.26. The molecule has 1 aliphatic heterocycles. The molecule has 2 aromatic rings. The van der Waals surface area contributed by atoms with Crippen molar-refractivity contribution in [3.05, 3.63) is 53.9 Å². The molecule has 0 saturated heterocycles. The summed E-state index contributed by atoms with van der Waals surface area (Å²) in [5.41, 5.74) is 2.15. The molecule has 0 radical (unpaired) electrons. The number of likely N-dealkylation sites (N-methyl/N-ethyl adjacent to an activating group) is 1. The highest BCUT2D eigenvalue weighted by molar-refractivity contribution is 5.99. The molecule has 0 unspecified atom stereocenters. The Morgan fingerprint density at radius 3 is 2.61 bits per heavy atom. The van der Waals surface area contributed by atoms with Gasteiger partial charge in [0.1, 0.15) is 12.4 Å². The standard InChI is InChI=1S/C25H34N4O4/c1-17-13-29(14-20-8-10-26-11-9-20)18(2)16-33-23-7-6-21(27-19(3)30)12-22(23)25(31)28(4)15-24(17)32-5/h6-12,17-18,24H,13-16H2,1-5H3,(H,27,30)/t17-,18+,24+/m1/s1. The Bertz CT molecular complexity index is 953. The summed E-state index contributed by atoms with van der Waals surface area (Å²) in [5.74, 6) is 0.310. The predicted octanol–water partition coefficient (Wildman–Crippen LogP) is 3.05. The van der Waals surface area contributed by atoms with E-state index in [1.807, 2.05) is 12.1 Å². The van der Waals surface area contributed by atoms with Gasteiger partial charge in [-0.3, -0.25) is 19.5 Å². The van der Waals surface area contributed by atoms with Crippen molar-refractivity contribution in [1.29, 1.82) is 0 Å². The number of hydrogen-bond donors (Lipinski definition) is 1. The zero-order valence-electron chi connectivity index (χ0n) is 20.1. The summed E-state index contributed by atoms with van der Waals surface area (Å²) in [4.78, 5) is 33.0. The van der Waals surface area contributed by atoms with Crippen molar-refractivity contribution in [3.63, 3.8) is 0 Å². The summed E-state index contributed by atoms with van der Waals surface area (Å²) in [7, 11) is 3.45. The summed E-state index contributed by atoms with van der Waals surface area (Å²) < 4.78 is 12.0. The van der Waals surface area contributed by atoms with Crippen LogP contribution in [0, 0.1) is 5.92 Å². The minimum Gasteiger partial charge on any atom is -0.491 e. The van der Waals surface area contributed by atoms with Crippen molar-refractivity contribution in [2.45, 2.75) is 39.5 Å². The van der Waals surface area contributed by atoms with Gasteiger partial charge in [-0.25, -0.2) is 0 Å². The van der Waals surface area contributed by atoms with Gasteiger partial charge in [-0.1, -0.05) is 6.92 Å². The third-order valence-corrected chi connectivity index (χ3v) is 6.03. The van der Waals surface area contributed by atoms with Crippen molar-refractivity contribution in [3.8, 4) is 5.75 Å². The number of methoxy groups -OCH3 is 1. The molecule has 0 spiro atoms. The quantitative estimate of drug-likeness (QED) is 0.765. The number of benzene rings is 1. The van der Waals surface area contributed by atoms with Crippen LogP contribution in [0.5, 0.6) is 5.75 Å².